The number of rotatable bonds is 5. The normalized spacial score (nSPS) is 10.6. The Bertz CT molecular complexity index is 636. The highest BCUT2D eigenvalue weighted by atomic mass is 32.2. The fourth-order valence-corrected chi connectivity index (χ4v) is 3.15. The van der Waals surface area contributed by atoms with Gasteiger partial charge < -0.3 is 5.11 Å². The Morgan fingerprint density at radius 2 is 2.42 bits per heavy atom. The standard InChI is InChI=1S/C9H8N4O4S2/c1-12-3-6(13(16)17)8(11-12)19-9-10-5(4-18-9)2-7(14)15/h3-4H,2H2,1H3,(H,14,15). The molecule has 0 spiro atoms. The Morgan fingerprint density at radius 1 is 1.68 bits per heavy atom. The third-order valence-corrected chi connectivity index (χ3v) is 3.99. The Morgan fingerprint density at radius 3 is 3.05 bits per heavy atom. The van der Waals surface area contributed by atoms with Crippen molar-refractivity contribution in [1.29, 1.82) is 0 Å². The lowest BCUT2D eigenvalue weighted by atomic mass is 10.3. The summed E-state index contributed by atoms with van der Waals surface area (Å²) in [6, 6.07) is 0. The number of carboxylic acid groups (broad SMARTS) is 1. The molecule has 0 aliphatic rings. The van der Waals surface area contributed by atoms with Crippen LogP contribution < -0.4 is 0 Å². The molecular formula is C9H8N4O4S2. The molecule has 2 rings (SSSR count). The van der Waals surface area contributed by atoms with E-state index >= 15 is 0 Å². The number of aryl methyl sites for hydroxylation is 1. The van der Waals surface area contributed by atoms with Gasteiger partial charge in [-0.1, -0.05) is 0 Å². The predicted molar refractivity (Wildman–Crippen MR) is 67.4 cm³/mol. The highest BCUT2D eigenvalue weighted by Gasteiger charge is 2.21. The molecule has 0 atom stereocenters. The smallest absolute Gasteiger partial charge is 0.321 e. The van der Waals surface area contributed by atoms with Crippen LogP contribution >= 0.6 is 23.1 Å². The minimum Gasteiger partial charge on any atom is -0.481 e. The minimum absolute atomic E-state index is 0.0949. The van der Waals surface area contributed by atoms with Gasteiger partial charge in [-0.15, -0.1) is 11.3 Å². The highest BCUT2D eigenvalue weighted by molar-refractivity contribution is 8.01. The molecule has 100 valence electrons. The molecule has 0 bridgehead atoms. The average Bonchev–Trinajstić information content (AvgIpc) is 2.85. The first-order chi connectivity index (χ1) is 8.95. The molecule has 0 aliphatic carbocycles. The molecule has 2 aromatic rings. The second kappa shape index (κ2) is 5.36. The van der Waals surface area contributed by atoms with Crippen molar-refractivity contribution in [2.45, 2.75) is 15.8 Å². The lowest BCUT2D eigenvalue weighted by molar-refractivity contribution is -0.387. The van der Waals surface area contributed by atoms with E-state index in [1.54, 1.807) is 12.4 Å². The fourth-order valence-electron chi connectivity index (χ4n) is 1.31. The summed E-state index contributed by atoms with van der Waals surface area (Å²) in [5, 5.41) is 25.3. The molecule has 1 N–H and O–H groups in total. The zero-order valence-corrected chi connectivity index (χ0v) is 11.3. The number of aromatic nitrogens is 3. The van der Waals surface area contributed by atoms with Crippen molar-refractivity contribution in [3.63, 3.8) is 0 Å². The summed E-state index contributed by atoms with van der Waals surface area (Å²) < 4.78 is 1.88. The molecule has 0 saturated carbocycles. The van der Waals surface area contributed by atoms with E-state index in [9.17, 15) is 14.9 Å². The number of carboxylic acids is 1. The third-order valence-electron chi connectivity index (χ3n) is 2.02. The molecule has 0 aliphatic heterocycles. The molecule has 0 amide bonds. The zero-order valence-electron chi connectivity index (χ0n) is 9.64. The molecule has 2 heterocycles. The highest BCUT2D eigenvalue weighted by Crippen LogP contribution is 2.34. The van der Waals surface area contributed by atoms with E-state index in [0.717, 1.165) is 11.8 Å². The summed E-state index contributed by atoms with van der Waals surface area (Å²) in [6.45, 7) is 0. The zero-order chi connectivity index (χ0) is 14.0. The largest absolute Gasteiger partial charge is 0.481 e. The quantitative estimate of drug-likeness (QED) is 0.658. The van der Waals surface area contributed by atoms with E-state index in [1.807, 2.05) is 0 Å². The Hall–Kier alpha value is -1.94. The van der Waals surface area contributed by atoms with Gasteiger partial charge >= 0.3 is 11.7 Å². The van der Waals surface area contributed by atoms with Gasteiger partial charge in [0.15, 0.2) is 4.34 Å². The summed E-state index contributed by atoms with van der Waals surface area (Å²) in [5.41, 5.74) is 0.334. The van der Waals surface area contributed by atoms with Crippen LogP contribution in [0.4, 0.5) is 5.69 Å². The van der Waals surface area contributed by atoms with Gasteiger partial charge in [0.2, 0.25) is 5.03 Å². The van der Waals surface area contributed by atoms with Gasteiger partial charge in [0.25, 0.3) is 0 Å². The van der Waals surface area contributed by atoms with Crippen LogP contribution in [0.1, 0.15) is 5.69 Å². The van der Waals surface area contributed by atoms with E-state index in [4.69, 9.17) is 5.11 Å². The van der Waals surface area contributed by atoms with Crippen molar-refractivity contribution in [2.75, 3.05) is 0 Å². The molecule has 2 aromatic heterocycles. The Labute approximate surface area is 115 Å². The second-order valence-corrected chi connectivity index (χ2v) is 5.62. The van der Waals surface area contributed by atoms with Crippen molar-refractivity contribution in [2.24, 2.45) is 7.05 Å². The maximum Gasteiger partial charge on any atom is 0.321 e. The van der Waals surface area contributed by atoms with Crippen LogP contribution in [-0.2, 0) is 18.3 Å². The van der Waals surface area contributed by atoms with Crippen molar-refractivity contribution in [3.8, 4) is 0 Å². The maximum absolute atomic E-state index is 10.8. The topological polar surface area (TPSA) is 111 Å². The summed E-state index contributed by atoms with van der Waals surface area (Å²) in [6.07, 6.45) is 1.15. The number of nitro groups is 1. The average molecular weight is 300 g/mol. The molecule has 0 aromatic carbocycles. The van der Waals surface area contributed by atoms with Crippen LogP contribution in [0.5, 0.6) is 0 Å². The third kappa shape index (κ3) is 3.29. The van der Waals surface area contributed by atoms with Gasteiger partial charge in [-0.25, -0.2) is 4.98 Å². The first kappa shape index (κ1) is 13.5. The summed E-state index contributed by atoms with van der Waals surface area (Å²) in [7, 11) is 1.59. The van der Waals surface area contributed by atoms with E-state index in [0.29, 0.717) is 10.0 Å². The number of hydrogen-bond acceptors (Lipinski definition) is 7. The first-order valence-corrected chi connectivity index (χ1v) is 6.67. The minimum atomic E-state index is -0.967. The van der Waals surface area contributed by atoms with Crippen molar-refractivity contribution in [3.05, 3.63) is 27.4 Å². The van der Waals surface area contributed by atoms with Gasteiger partial charge in [0, 0.05) is 12.4 Å². The second-order valence-electron chi connectivity index (χ2n) is 3.53. The SMILES string of the molecule is Cn1cc([N+](=O)[O-])c(Sc2nc(CC(=O)O)cs2)n1. The molecule has 0 radical (unpaired) electrons. The molecule has 0 saturated heterocycles. The maximum atomic E-state index is 10.8. The van der Waals surface area contributed by atoms with Crippen molar-refractivity contribution >= 4 is 34.8 Å². The summed E-state index contributed by atoms with van der Waals surface area (Å²) >= 11 is 2.28. The Kier molecular flexibility index (Phi) is 3.81. The number of carbonyl (C=O) groups is 1. The molecule has 0 fully saturated rings. The molecule has 10 heteroatoms. The van der Waals surface area contributed by atoms with Crippen LogP contribution in [0.25, 0.3) is 0 Å². The van der Waals surface area contributed by atoms with Crippen molar-refractivity contribution in [1.82, 2.24) is 14.8 Å². The van der Waals surface area contributed by atoms with Gasteiger partial charge in [0.1, 0.15) is 6.20 Å². The monoisotopic (exact) mass is 300 g/mol. The van der Waals surface area contributed by atoms with E-state index in [1.165, 1.54) is 22.2 Å². The number of hydrogen-bond donors (Lipinski definition) is 1. The van der Waals surface area contributed by atoms with Gasteiger partial charge in [-0.2, -0.15) is 5.10 Å². The lowest BCUT2D eigenvalue weighted by Crippen LogP contribution is -1.99. The van der Waals surface area contributed by atoms with Gasteiger partial charge in [-0.3, -0.25) is 19.6 Å². The summed E-state index contributed by atoms with van der Waals surface area (Å²) in [5.74, 6) is -0.967. The molecule has 0 unspecified atom stereocenters. The first-order valence-electron chi connectivity index (χ1n) is 4.98. The molecule has 19 heavy (non-hydrogen) atoms. The van der Waals surface area contributed by atoms with Gasteiger partial charge in [0.05, 0.1) is 17.0 Å². The van der Waals surface area contributed by atoms with E-state index < -0.39 is 10.9 Å². The van der Waals surface area contributed by atoms with E-state index in [-0.39, 0.29) is 17.1 Å². The predicted octanol–water partition coefficient (Wildman–Crippen LogP) is 1.56. The number of nitrogens with zero attached hydrogens (tertiary/aromatic N) is 4. The number of thiazole rings is 1. The van der Waals surface area contributed by atoms with Crippen LogP contribution in [0.3, 0.4) is 0 Å². The Balaban J connectivity index is 2.19. The van der Waals surface area contributed by atoms with Crippen LogP contribution in [0.15, 0.2) is 20.9 Å². The lowest BCUT2D eigenvalue weighted by Gasteiger charge is -1.92. The molecule has 8 nitrogen and oxygen atoms in total. The number of aliphatic carboxylic acids is 1. The van der Waals surface area contributed by atoms with E-state index in [2.05, 4.69) is 10.1 Å². The van der Waals surface area contributed by atoms with Gasteiger partial charge in [-0.05, 0) is 11.8 Å². The van der Waals surface area contributed by atoms with Crippen molar-refractivity contribution < 1.29 is 14.8 Å². The molecular weight excluding hydrogens is 292 g/mol. The van der Waals surface area contributed by atoms with Crippen LogP contribution in [0.2, 0.25) is 0 Å². The van der Waals surface area contributed by atoms with Crippen LogP contribution in [0, 0.1) is 10.1 Å². The van der Waals surface area contributed by atoms with Crippen LogP contribution in [-0.4, -0.2) is 30.8 Å². The fraction of sp³-hybridized carbons (Fsp3) is 0.222. The summed E-state index contributed by atoms with van der Waals surface area (Å²) in [4.78, 5) is 24.9.